The molecule has 3 heteroatoms. The van der Waals surface area contributed by atoms with Crippen LogP contribution in [0.1, 0.15) is 11.7 Å². The molecule has 0 heterocycles. The van der Waals surface area contributed by atoms with Crippen LogP contribution in [0.3, 0.4) is 0 Å². The van der Waals surface area contributed by atoms with E-state index >= 15 is 0 Å². The summed E-state index contributed by atoms with van der Waals surface area (Å²) in [5.74, 6) is -0.976. The number of benzene rings is 1. The lowest BCUT2D eigenvalue weighted by Crippen LogP contribution is -2.11. The zero-order valence-corrected chi connectivity index (χ0v) is 5.82. The van der Waals surface area contributed by atoms with Gasteiger partial charge in [-0.2, -0.15) is 0 Å². The number of amides is 1. The fourth-order valence-corrected chi connectivity index (χ4v) is 0.787. The minimum absolute atomic E-state index is 0.465. The van der Waals surface area contributed by atoms with E-state index in [0.29, 0.717) is 5.56 Å². The normalized spacial score (nSPS) is 12.5. The number of hydrogen-bond acceptors (Lipinski definition) is 2. The summed E-state index contributed by atoms with van der Waals surface area (Å²) in [6.07, 6.45) is -1.30. The molecule has 1 radical (unpaired) electrons. The van der Waals surface area contributed by atoms with Gasteiger partial charge in [0.1, 0.15) is 0 Å². The van der Waals surface area contributed by atoms with Crippen molar-refractivity contribution in [1.29, 1.82) is 0 Å². The first kappa shape index (κ1) is 7.75. The van der Waals surface area contributed by atoms with Crippen LogP contribution in [0.4, 0.5) is 0 Å². The van der Waals surface area contributed by atoms with Crippen molar-refractivity contribution in [2.24, 2.45) is 0 Å². The SMILES string of the molecule is [NH]C(=O)C(O)c1ccccc1. The van der Waals surface area contributed by atoms with Crippen molar-refractivity contribution in [2.75, 3.05) is 0 Å². The van der Waals surface area contributed by atoms with E-state index < -0.39 is 12.0 Å². The number of hydrogen-bond donors (Lipinski definition) is 1. The Kier molecular flexibility index (Phi) is 2.23. The molecule has 57 valence electrons. The van der Waals surface area contributed by atoms with Gasteiger partial charge in [-0.05, 0) is 5.56 Å². The second kappa shape index (κ2) is 3.16. The van der Waals surface area contributed by atoms with Crippen molar-refractivity contribution in [2.45, 2.75) is 6.10 Å². The van der Waals surface area contributed by atoms with Gasteiger partial charge in [0.25, 0.3) is 5.91 Å². The monoisotopic (exact) mass is 150 g/mol. The minimum atomic E-state index is -1.30. The van der Waals surface area contributed by atoms with Crippen molar-refractivity contribution in [3.63, 3.8) is 0 Å². The molecule has 0 fully saturated rings. The summed E-state index contributed by atoms with van der Waals surface area (Å²) in [7, 11) is 0. The molecule has 1 unspecified atom stereocenters. The maximum atomic E-state index is 10.4. The molecule has 1 rings (SSSR count). The van der Waals surface area contributed by atoms with Crippen LogP contribution in [-0.4, -0.2) is 11.0 Å². The topological polar surface area (TPSA) is 61.1 Å². The Bertz CT molecular complexity index is 246. The van der Waals surface area contributed by atoms with Gasteiger partial charge >= 0.3 is 0 Å². The van der Waals surface area contributed by atoms with Crippen LogP contribution < -0.4 is 5.73 Å². The number of aliphatic hydroxyl groups is 1. The van der Waals surface area contributed by atoms with E-state index in [-0.39, 0.29) is 0 Å². The van der Waals surface area contributed by atoms with E-state index in [4.69, 9.17) is 10.8 Å². The van der Waals surface area contributed by atoms with Gasteiger partial charge in [-0.3, -0.25) is 10.5 Å². The van der Waals surface area contributed by atoms with Gasteiger partial charge in [-0.25, -0.2) is 0 Å². The van der Waals surface area contributed by atoms with Crippen LogP contribution in [0.15, 0.2) is 30.3 Å². The molecule has 0 saturated heterocycles. The summed E-state index contributed by atoms with van der Waals surface area (Å²) >= 11 is 0. The highest BCUT2D eigenvalue weighted by Gasteiger charge is 2.12. The highest BCUT2D eigenvalue weighted by atomic mass is 16.3. The quantitative estimate of drug-likeness (QED) is 0.668. The van der Waals surface area contributed by atoms with E-state index in [2.05, 4.69) is 0 Å². The zero-order chi connectivity index (χ0) is 8.27. The smallest absolute Gasteiger partial charge is 0.271 e. The van der Waals surface area contributed by atoms with Crippen molar-refractivity contribution >= 4 is 5.91 Å². The van der Waals surface area contributed by atoms with Gasteiger partial charge in [0, 0.05) is 0 Å². The Morgan fingerprint density at radius 3 is 2.36 bits per heavy atom. The first-order chi connectivity index (χ1) is 5.22. The number of carbonyl (C=O) groups is 1. The van der Waals surface area contributed by atoms with Crippen LogP contribution in [0.5, 0.6) is 0 Å². The Hall–Kier alpha value is -1.35. The molecule has 1 aromatic rings. The van der Waals surface area contributed by atoms with E-state index in [9.17, 15) is 4.79 Å². The Morgan fingerprint density at radius 1 is 1.36 bits per heavy atom. The van der Waals surface area contributed by atoms with Gasteiger partial charge < -0.3 is 5.11 Å². The predicted molar refractivity (Wildman–Crippen MR) is 39.5 cm³/mol. The van der Waals surface area contributed by atoms with Gasteiger partial charge in [0.15, 0.2) is 6.10 Å². The average Bonchev–Trinajstić information content (AvgIpc) is 2.05. The standard InChI is InChI=1S/C8H8NO2/c9-8(11)7(10)6-4-2-1-3-5-6/h1-5,7,9-10H. The van der Waals surface area contributed by atoms with E-state index in [1.165, 1.54) is 0 Å². The zero-order valence-electron chi connectivity index (χ0n) is 5.82. The lowest BCUT2D eigenvalue weighted by molar-refractivity contribution is -0.126. The van der Waals surface area contributed by atoms with Crippen molar-refractivity contribution in [3.05, 3.63) is 35.9 Å². The van der Waals surface area contributed by atoms with Crippen molar-refractivity contribution in [3.8, 4) is 0 Å². The van der Waals surface area contributed by atoms with E-state index in [0.717, 1.165) is 0 Å². The number of aliphatic hydroxyl groups excluding tert-OH is 1. The molecule has 0 aliphatic carbocycles. The summed E-state index contributed by atoms with van der Waals surface area (Å²) < 4.78 is 0. The third kappa shape index (κ3) is 1.78. The van der Waals surface area contributed by atoms with Gasteiger partial charge in [0.2, 0.25) is 0 Å². The first-order valence-corrected chi connectivity index (χ1v) is 3.20. The van der Waals surface area contributed by atoms with Gasteiger partial charge in [-0.1, -0.05) is 30.3 Å². The Balaban J connectivity index is 2.85. The van der Waals surface area contributed by atoms with E-state index in [1.54, 1.807) is 30.3 Å². The number of rotatable bonds is 2. The molecule has 3 nitrogen and oxygen atoms in total. The molecule has 0 spiro atoms. The molecule has 1 atom stereocenters. The predicted octanol–water partition coefficient (Wildman–Crippen LogP) is 0.529. The first-order valence-electron chi connectivity index (χ1n) is 3.20. The summed E-state index contributed by atoms with van der Waals surface area (Å²) in [5.41, 5.74) is 7.10. The van der Waals surface area contributed by atoms with Crippen molar-refractivity contribution in [1.82, 2.24) is 5.73 Å². The summed E-state index contributed by atoms with van der Waals surface area (Å²) in [4.78, 5) is 10.4. The van der Waals surface area contributed by atoms with Crippen LogP contribution in [0.2, 0.25) is 0 Å². The van der Waals surface area contributed by atoms with Crippen LogP contribution in [0.25, 0.3) is 0 Å². The highest BCUT2D eigenvalue weighted by molar-refractivity contribution is 5.79. The average molecular weight is 150 g/mol. The third-order valence-electron chi connectivity index (χ3n) is 1.36. The molecule has 1 aromatic carbocycles. The summed E-state index contributed by atoms with van der Waals surface area (Å²) in [6, 6.07) is 8.42. The Labute approximate surface area is 64.5 Å². The molecule has 0 aromatic heterocycles. The van der Waals surface area contributed by atoms with Gasteiger partial charge in [0.05, 0.1) is 0 Å². The molecule has 0 aliphatic heterocycles. The van der Waals surface area contributed by atoms with Crippen LogP contribution in [0, 0.1) is 0 Å². The molecule has 0 bridgehead atoms. The van der Waals surface area contributed by atoms with E-state index in [1.807, 2.05) is 0 Å². The summed E-state index contributed by atoms with van der Waals surface area (Å²) in [6.45, 7) is 0. The fraction of sp³-hybridized carbons (Fsp3) is 0.125. The fourth-order valence-electron chi connectivity index (χ4n) is 0.787. The molecule has 0 saturated carbocycles. The van der Waals surface area contributed by atoms with Crippen LogP contribution in [-0.2, 0) is 4.79 Å². The molecule has 11 heavy (non-hydrogen) atoms. The minimum Gasteiger partial charge on any atom is -0.378 e. The molecule has 1 amide bonds. The lowest BCUT2D eigenvalue weighted by atomic mass is 10.1. The maximum Gasteiger partial charge on any atom is 0.271 e. The largest absolute Gasteiger partial charge is 0.378 e. The second-order valence-electron chi connectivity index (χ2n) is 2.18. The maximum absolute atomic E-state index is 10.4. The van der Waals surface area contributed by atoms with Gasteiger partial charge in [-0.15, -0.1) is 0 Å². The number of carbonyl (C=O) groups excluding carboxylic acids is 1. The molecular weight excluding hydrogens is 142 g/mol. The molecule has 2 N–H and O–H groups in total. The lowest BCUT2D eigenvalue weighted by Gasteiger charge is -2.03. The Morgan fingerprint density at radius 2 is 1.91 bits per heavy atom. The molecule has 0 aliphatic rings. The summed E-state index contributed by atoms with van der Waals surface area (Å²) in [5, 5.41) is 9.06. The van der Waals surface area contributed by atoms with Crippen molar-refractivity contribution < 1.29 is 9.90 Å². The molecular formula is C8H8NO2. The number of nitrogens with one attached hydrogen (secondary N) is 1. The second-order valence-corrected chi connectivity index (χ2v) is 2.18. The third-order valence-corrected chi connectivity index (χ3v) is 1.36. The highest BCUT2D eigenvalue weighted by Crippen LogP contribution is 2.10. The van der Waals surface area contributed by atoms with Crippen LogP contribution >= 0.6 is 0 Å².